The molecule has 0 saturated carbocycles. The van der Waals surface area contributed by atoms with Gasteiger partial charge in [-0.25, -0.2) is 0 Å². The van der Waals surface area contributed by atoms with Crippen molar-refractivity contribution in [2.45, 2.75) is 38.8 Å². The van der Waals surface area contributed by atoms with Crippen LogP contribution in [0.4, 0.5) is 0 Å². The van der Waals surface area contributed by atoms with Crippen LogP contribution in [0.5, 0.6) is 0 Å². The van der Waals surface area contributed by atoms with Crippen LogP contribution in [0, 0.1) is 0 Å². The Morgan fingerprint density at radius 1 is 1.45 bits per heavy atom. The molecule has 1 amide bonds. The van der Waals surface area contributed by atoms with Gasteiger partial charge >= 0.3 is 0 Å². The molecule has 2 aromatic rings. The summed E-state index contributed by atoms with van der Waals surface area (Å²) in [5.41, 5.74) is 9.60. The third-order valence-electron chi connectivity index (χ3n) is 4.20. The summed E-state index contributed by atoms with van der Waals surface area (Å²) in [5.74, 6) is 0.176. The highest BCUT2D eigenvalue weighted by atomic mass is 16.2. The van der Waals surface area contributed by atoms with Gasteiger partial charge in [0.25, 0.3) is 0 Å². The Hall–Kier alpha value is -1.81. The van der Waals surface area contributed by atoms with E-state index in [9.17, 15) is 4.79 Å². The Kier molecular flexibility index (Phi) is 3.49. The standard InChI is InChI=1S/C16H21N3O/c1-2-11(17)9-16(20)19-8-7-15-13(10-19)12-5-3-4-6-14(12)18-15/h3-6,11,18H,2,7-10,17H2,1H3. The fraction of sp³-hybridized carbons (Fsp3) is 0.438. The average Bonchev–Trinajstić information content (AvgIpc) is 2.84. The number of carbonyl (C=O) groups excluding carboxylic acids is 1. The average molecular weight is 271 g/mol. The van der Waals surface area contributed by atoms with Gasteiger partial charge in [-0.05, 0) is 12.5 Å². The van der Waals surface area contributed by atoms with E-state index in [1.54, 1.807) is 0 Å². The smallest absolute Gasteiger partial charge is 0.224 e. The number of amides is 1. The van der Waals surface area contributed by atoms with E-state index >= 15 is 0 Å². The number of hydrogen-bond donors (Lipinski definition) is 2. The number of aromatic nitrogens is 1. The van der Waals surface area contributed by atoms with Gasteiger partial charge in [-0.3, -0.25) is 4.79 Å². The lowest BCUT2D eigenvalue weighted by atomic mass is 10.0. The van der Waals surface area contributed by atoms with Crippen molar-refractivity contribution in [2.24, 2.45) is 5.73 Å². The van der Waals surface area contributed by atoms with Crippen LogP contribution in [0.25, 0.3) is 10.9 Å². The van der Waals surface area contributed by atoms with E-state index in [2.05, 4.69) is 17.1 Å². The first-order valence-electron chi connectivity index (χ1n) is 7.31. The molecule has 4 heteroatoms. The highest BCUT2D eigenvalue weighted by Gasteiger charge is 2.24. The highest BCUT2D eigenvalue weighted by molar-refractivity contribution is 5.86. The SMILES string of the molecule is CCC(N)CC(=O)N1CCc2[nH]c3ccccc3c2C1. The zero-order valence-electron chi connectivity index (χ0n) is 11.9. The molecule has 1 aliphatic heterocycles. The van der Waals surface area contributed by atoms with E-state index in [0.29, 0.717) is 13.0 Å². The van der Waals surface area contributed by atoms with Gasteiger partial charge in [-0.2, -0.15) is 0 Å². The Labute approximate surface area is 118 Å². The van der Waals surface area contributed by atoms with E-state index < -0.39 is 0 Å². The molecule has 1 aliphatic rings. The quantitative estimate of drug-likeness (QED) is 0.898. The molecular weight excluding hydrogens is 250 g/mol. The molecule has 4 nitrogen and oxygen atoms in total. The van der Waals surface area contributed by atoms with Crippen LogP contribution in [-0.4, -0.2) is 28.4 Å². The van der Waals surface area contributed by atoms with Crippen molar-refractivity contribution in [3.8, 4) is 0 Å². The molecule has 1 atom stereocenters. The van der Waals surface area contributed by atoms with Gasteiger partial charge in [0.15, 0.2) is 0 Å². The summed E-state index contributed by atoms with van der Waals surface area (Å²) in [7, 11) is 0. The minimum atomic E-state index is -0.0214. The van der Waals surface area contributed by atoms with E-state index in [0.717, 1.165) is 24.9 Å². The molecule has 3 N–H and O–H groups in total. The maximum Gasteiger partial charge on any atom is 0.224 e. The molecular formula is C16H21N3O. The molecule has 1 aromatic carbocycles. The molecule has 0 fully saturated rings. The summed E-state index contributed by atoms with van der Waals surface area (Å²) in [6.45, 7) is 3.51. The lowest BCUT2D eigenvalue weighted by molar-refractivity contribution is -0.132. The number of benzene rings is 1. The van der Waals surface area contributed by atoms with Crippen LogP contribution in [0.3, 0.4) is 0 Å². The number of nitrogens with two attached hydrogens (primary N) is 1. The van der Waals surface area contributed by atoms with Gasteiger partial charge in [-0.15, -0.1) is 0 Å². The Balaban J connectivity index is 1.82. The molecule has 3 rings (SSSR count). The van der Waals surface area contributed by atoms with Gasteiger partial charge in [0, 0.05) is 54.1 Å². The fourth-order valence-corrected chi connectivity index (χ4v) is 2.88. The minimum absolute atomic E-state index is 0.0214. The number of nitrogens with zero attached hydrogens (tertiary/aromatic N) is 1. The molecule has 0 spiro atoms. The number of para-hydroxylation sites is 1. The normalized spacial score (nSPS) is 16.2. The second-order valence-electron chi connectivity index (χ2n) is 5.57. The second kappa shape index (κ2) is 5.29. The predicted molar refractivity (Wildman–Crippen MR) is 80.3 cm³/mol. The van der Waals surface area contributed by atoms with Crippen molar-refractivity contribution in [3.63, 3.8) is 0 Å². The summed E-state index contributed by atoms with van der Waals surface area (Å²) >= 11 is 0. The monoisotopic (exact) mass is 271 g/mol. The summed E-state index contributed by atoms with van der Waals surface area (Å²) < 4.78 is 0. The van der Waals surface area contributed by atoms with Crippen molar-refractivity contribution in [1.82, 2.24) is 9.88 Å². The number of rotatable bonds is 3. The van der Waals surface area contributed by atoms with Crippen molar-refractivity contribution < 1.29 is 4.79 Å². The Morgan fingerprint density at radius 2 is 2.25 bits per heavy atom. The van der Waals surface area contributed by atoms with Crippen LogP contribution in [0.2, 0.25) is 0 Å². The first-order valence-corrected chi connectivity index (χ1v) is 7.31. The van der Waals surface area contributed by atoms with Crippen LogP contribution in [0.1, 0.15) is 31.0 Å². The van der Waals surface area contributed by atoms with E-state index in [4.69, 9.17) is 5.73 Å². The second-order valence-corrected chi connectivity index (χ2v) is 5.57. The largest absolute Gasteiger partial charge is 0.358 e. The van der Waals surface area contributed by atoms with Crippen molar-refractivity contribution in [2.75, 3.05) is 6.54 Å². The van der Waals surface area contributed by atoms with Crippen LogP contribution >= 0.6 is 0 Å². The molecule has 0 aliphatic carbocycles. The van der Waals surface area contributed by atoms with Gasteiger partial charge in [0.1, 0.15) is 0 Å². The van der Waals surface area contributed by atoms with Crippen molar-refractivity contribution in [1.29, 1.82) is 0 Å². The summed E-state index contributed by atoms with van der Waals surface area (Å²) in [6, 6.07) is 8.27. The lowest BCUT2D eigenvalue weighted by Gasteiger charge is -2.28. The van der Waals surface area contributed by atoms with E-state index in [-0.39, 0.29) is 11.9 Å². The number of fused-ring (bicyclic) bond motifs is 3. The molecule has 0 bridgehead atoms. The maximum atomic E-state index is 12.3. The number of carbonyl (C=O) groups is 1. The zero-order valence-corrected chi connectivity index (χ0v) is 11.9. The molecule has 0 radical (unpaired) electrons. The number of nitrogens with one attached hydrogen (secondary N) is 1. The Bertz CT molecular complexity index is 632. The maximum absolute atomic E-state index is 12.3. The van der Waals surface area contributed by atoms with Crippen LogP contribution < -0.4 is 5.73 Å². The lowest BCUT2D eigenvalue weighted by Crippen LogP contribution is -2.38. The fourth-order valence-electron chi connectivity index (χ4n) is 2.88. The topological polar surface area (TPSA) is 62.1 Å². The van der Waals surface area contributed by atoms with Gasteiger partial charge in [0.05, 0.1) is 0 Å². The molecule has 1 unspecified atom stereocenters. The Morgan fingerprint density at radius 3 is 3.05 bits per heavy atom. The van der Waals surface area contributed by atoms with Crippen molar-refractivity contribution in [3.05, 3.63) is 35.5 Å². The van der Waals surface area contributed by atoms with Gasteiger partial charge < -0.3 is 15.6 Å². The van der Waals surface area contributed by atoms with Crippen LogP contribution in [-0.2, 0) is 17.8 Å². The molecule has 20 heavy (non-hydrogen) atoms. The van der Waals surface area contributed by atoms with E-state index in [1.807, 2.05) is 24.0 Å². The van der Waals surface area contributed by atoms with Crippen LogP contribution in [0.15, 0.2) is 24.3 Å². The summed E-state index contributed by atoms with van der Waals surface area (Å²) in [6.07, 6.45) is 2.20. The predicted octanol–water partition coefficient (Wildman–Crippen LogP) is 2.18. The third-order valence-corrected chi connectivity index (χ3v) is 4.20. The number of H-pyrrole nitrogens is 1. The number of hydrogen-bond acceptors (Lipinski definition) is 2. The molecule has 0 saturated heterocycles. The third kappa shape index (κ3) is 2.31. The first kappa shape index (κ1) is 13.2. The van der Waals surface area contributed by atoms with E-state index in [1.165, 1.54) is 16.6 Å². The van der Waals surface area contributed by atoms with Gasteiger partial charge in [-0.1, -0.05) is 25.1 Å². The highest BCUT2D eigenvalue weighted by Crippen LogP contribution is 2.27. The minimum Gasteiger partial charge on any atom is -0.358 e. The summed E-state index contributed by atoms with van der Waals surface area (Å²) in [4.78, 5) is 17.7. The molecule has 1 aromatic heterocycles. The van der Waals surface area contributed by atoms with Crippen molar-refractivity contribution >= 4 is 16.8 Å². The molecule has 2 heterocycles. The zero-order chi connectivity index (χ0) is 14.1. The van der Waals surface area contributed by atoms with Gasteiger partial charge in [0.2, 0.25) is 5.91 Å². The summed E-state index contributed by atoms with van der Waals surface area (Å²) in [5, 5.41) is 1.24. The first-order chi connectivity index (χ1) is 9.69. The number of aromatic amines is 1. The molecule has 106 valence electrons.